The van der Waals surface area contributed by atoms with Gasteiger partial charge in [-0.25, -0.2) is 4.79 Å². The Hall–Kier alpha value is -0.990. The molecule has 1 N–H and O–H groups in total. The van der Waals surface area contributed by atoms with Crippen LogP contribution in [0.25, 0.3) is 0 Å². The van der Waals surface area contributed by atoms with Crippen LogP contribution in [0.4, 0.5) is 0 Å². The summed E-state index contributed by atoms with van der Waals surface area (Å²) in [5.74, 6) is -0.171. The van der Waals surface area contributed by atoms with Gasteiger partial charge in [0.05, 0.1) is 12.2 Å². The zero-order chi connectivity index (χ0) is 12.7. The summed E-state index contributed by atoms with van der Waals surface area (Å²) >= 11 is 0. The second-order valence-electron chi connectivity index (χ2n) is 4.66. The lowest BCUT2D eigenvalue weighted by Gasteiger charge is -2.25. The van der Waals surface area contributed by atoms with Gasteiger partial charge in [-0.15, -0.1) is 0 Å². The third kappa shape index (κ3) is 4.41. The number of hydrogen-bond donors (Lipinski definition) is 1. The molecule has 3 nitrogen and oxygen atoms in total. The Morgan fingerprint density at radius 1 is 1.24 bits per heavy atom. The molecule has 1 aliphatic rings. The summed E-state index contributed by atoms with van der Waals surface area (Å²) in [6.45, 7) is 6.27. The topological polar surface area (TPSA) is 38.3 Å². The van der Waals surface area contributed by atoms with Crippen LogP contribution >= 0.6 is 0 Å². The third-order valence-electron chi connectivity index (χ3n) is 3.35. The molecule has 98 valence electrons. The predicted octanol–water partition coefficient (Wildman–Crippen LogP) is 3.16. The summed E-state index contributed by atoms with van der Waals surface area (Å²) < 4.78 is 5.07. The zero-order valence-corrected chi connectivity index (χ0v) is 11.3. The van der Waals surface area contributed by atoms with Crippen LogP contribution < -0.4 is 5.32 Å². The number of carbonyl (C=O) groups is 1. The Balaban J connectivity index is 2.60. The average Bonchev–Trinajstić information content (AvgIpc) is 2.31. The molecule has 0 aliphatic heterocycles. The van der Waals surface area contributed by atoms with Gasteiger partial charge in [0.15, 0.2) is 0 Å². The first-order chi connectivity index (χ1) is 8.19. The van der Waals surface area contributed by atoms with Crippen LogP contribution in [-0.4, -0.2) is 18.6 Å². The van der Waals surface area contributed by atoms with Crippen LogP contribution in [0.1, 0.15) is 59.3 Å². The van der Waals surface area contributed by atoms with E-state index in [0.29, 0.717) is 12.6 Å². The first kappa shape index (κ1) is 14.1. The van der Waals surface area contributed by atoms with E-state index in [0.717, 1.165) is 17.7 Å². The fourth-order valence-electron chi connectivity index (χ4n) is 2.42. The van der Waals surface area contributed by atoms with Crippen molar-refractivity contribution in [2.75, 3.05) is 6.61 Å². The van der Waals surface area contributed by atoms with Gasteiger partial charge in [-0.3, -0.25) is 0 Å². The standard InChI is InChI=1S/C14H25NO2/c1-4-13(14(16)17-5-2)11(3)15-12-9-7-6-8-10-12/h12,15H,4-10H2,1-3H3/b13-11+. The molecule has 0 bridgehead atoms. The lowest BCUT2D eigenvalue weighted by Crippen LogP contribution is -2.31. The number of carbonyl (C=O) groups excluding carboxylic acids is 1. The van der Waals surface area contributed by atoms with Crippen molar-refractivity contribution < 1.29 is 9.53 Å². The first-order valence-electron chi connectivity index (χ1n) is 6.82. The van der Waals surface area contributed by atoms with Gasteiger partial charge < -0.3 is 10.1 Å². The van der Waals surface area contributed by atoms with Crippen LogP contribution in [0.15, 0.2) is 11.3 Å². The quantitative estimate of drug-likeness (QED) is 0.591. The molecule has 0 aromatic heterocycles. The van der Waals surface area contributed by atoms with E-state index in [4.69, 9.17) is 4.74 Å². The first-order valence-corrected chi connectivity index (χ1v) is 6.82. The second-order valence-corrected chi connectivity index (χ2v) is 4.66. The molecular weight excluding hydrogens is 214 g/mol. The molecule has 1 aliphatic carbocycles. The van der Waals surface area contributed by atoms with Crippen molar-refractivity contribution >= 4 is 5.97 Å². The summed E-state index contributed by atoms with van der Waals surface area (Å²) in [4.78, 5) is 11.7. The minimum Gasteiger partial charge on any atom is -0.463 e. The number of allylic oxidation sites excluding steroid dienone is 1. The minimum atomic E-state index is -0.171. The Kier molecular flexibility index (Phi) is 6.09. The number of esters is 1. The van der Waals surface area contributed by atoms with Gasteiger partial charge in [-0.05, 0) is 33.1 Å². The number of hydrogen-bond acceptors (Lipinski definition) is 3. The molecule has 0 aromatic carbocycles. The van der Waals surface area contributed by atoms with E-state index >= 15 is 0 Å². The molecule has 0 aromatic rings. The lowest BCUT2D eigenvalue weighted by atomic mass is 9.95. The molecule has 0 heterocycles. The highest BCUT2D eigenvalue weighted by atomic mass is 16.5. The molecule has 0 radical (unpaired) electrons. The highest BCUT2D eigenvalue weighted by molar-refractivity contribution is 5.89. The van der Waals surface area contributed by atoms with E-state index in [2.05, 4.69) is 5.32 Å². The Morgan fingerprint density at radius 3 is 2.41 bits per heavy atom. The van der Waals surface area contributed by atoms with E-state index < -0.39 is 0 Å². The molecule has 1 saturated carbocycles. The molecule has 0 unspecified atom stereocenters. The van der Waals surface area contributed by atoms with Crippen LogP contribution in [0.5, 0.6) is 0 Å². The Labute approximate surface area is 105 Å². The maximum atomic E-state index is 11.7. The monoisotopic (exact) mass is 239 g/mol. The van der Waals surface area contributed by atoms with Gasteiger partial charge in [0, 0.05) is 11.7 Å². The van der Waals surface area contributed by atoms with Crippen molar-refractivity contribution in [3.63, 3.8) is 0 Å². The zero-order valence-electron chi connectivity index (χ0n) is 11.3. The normalized spacial score (nSPS) is 18.5. The van der Waals surface area contributed by atoms with Gasteiger partial charge in [0.2, 0.25) is 0 Å². The van der Waals surface area contributed by atoms with Gasteiger partial charge >= 0.3 is 5.97 Å². The fraction of sp³-hybridized carbons (Fsp3) is 0.786. The summed E-state index contributed by atoms with van der Waals surface area (Å²) in [7, 11) is 0. The van der Waals surface area contributed by atoms with E-state index in [1.165, 1.54) is 32.1 Å². The van der Waals surface area contributed by atoms with Gasteiger partial charge in [-0.2, -0.15) is 0 Å². The fourth-order valence-corrected chi connectivity index (χ4v) is 2.42. The maximum Gasteiger partial charge on any atom is 0.335 e. The average molecular weight is 239 g/mol. The second kappa shape index (κ2) is 7.36. The Morgan fingerprint density at radius 2 is 1.88 bits per heavy atom. The molecule has 1 fully saturated rings. The van der Waals surface area contributed by atoms with Gasteiger partial charge in [0.1, 0.15) is 0 Å². The van der Waals surface area contributed by atoms with Crippen molar-refractivity contribution in [1.82, 2.24) is 5.32 Å². The predicted molar refractivity (Wildman–Crippen MR) is 69.6 cm³/mol. The van der Waals surface area contributed by atoms with E-state index in [-0.39, 0.29) is 5.97 Å². The third-order valence-corrected chi connectivity index (χ3v) is 3.35. The molecule has 0 amide bonds. The molecule has 0 spiro atoms. The van der Waals surface area contributed by atoms with Gasteiger partial charge in [0.25, 0.3) is 0 Å². The summed E-state index contributed by atoms with van der Waals surface area (Å²) in [6.07, 6.45) is 7.11. The van der Waals surface area contributed by atoms with Crippen molar-refractivity contribution in [1.29, 1.82) is 0 Å². The van der Waals surface area contributed by atoms with E-state index in [1.807, 2.05) is 20.8 Å². The number of nitrogens with one attached hydrogen (secondary N) is 1. The molecule has 3 heteroatoms. The van der Waals surface area contributed by atoms with Crippen LogP contribution in [0.3, 0.4) is 0 Å². The van der Waals surface area contributed by atoms with Crippen LogP contribution in [0.2, 0.25) is 0 Å². The van der Waals surface area contributed by atoms with Crippen LogP contribution in [0, 0.1) is 0 Å². The number of ether oxygens (including phenoxy) is 1. The van der Waals surface area contributed by atoms with Crippen molar-refractivity contribution in [3.05, 3.63) is 11.3 Å². The van der Waals surface area contributed by atoms with Crippen molar-refractivity contribution in [2.24, 2.45) is 0 Å². The Bertz CT molecular complexity index is 278. The highest BCUT2D eigenvalue weighted by Crippen LogP contribution is 2.19. The molecule has 17 heavy (non-hydrogen) atoms. The van der Waals surface area contributed by atoms with Crippen molar-refractivity contribution in [2.45, 2.75) is 65.3 Å². The molecule has 0 atom stereocenters. The maximum absolute atomic E-state index is 11.7. The largest absolute Gasteiger partial charge is 0.463 e. The minimum absolute atomic E-state index is 0.171. The SMILES string of the molecule is CCOC(=O)/C(CC)=C(\C)NC1CCCCC1. The molecule has 1 rings (SSSR count). The molecule has 0 saturated heterocycles. The highest BCUT2D eigenvalue weighted by Gasteiger charge is 2.17. The summed E-state index contributed by atoms with van der Waals surface area (Å²) in [5, 5.41) is 3.49. The van der Waals surface area contributed by atoms with Crippen molar-refractivity contribution in [3.8, 4) is 0 Å². The van der Waals surface area contributed by atoms with Gasteiger partial charge in [-0.1, -0.05) is 26.2 Å². The van der Waals surface area contributed by atoms with E-state index in [1.54, 1.807) is 0 Å². The van der Waals surface area contributed by atoms with Crippen LogP contribution in [-0.2, 0) is 9.53 Å². The lowest BCUT2D eigenvalue weighted by molar-refractivity contribution is -0.138. The molecular formula is C14H25NO2. The smallest absolute Gasteiger partial charge is 0.335 e. The summed E-state index contributed by atoms with van der Waals surface area (Å²) in [6, 6.07) is 0.541. The number of rotatable bonds is 5. The van der Waals surface area contributed by atoms with E-state index in [9.17, 15) is 4.79 Å². The summed E-state index contributed by atoms with van der Waals surface area (Å²) in [5.41, 5.74) is 1.79.